The van der Waals surface area contributed by atoms with Crippen LogP contribution in [0.1, 0.15) is 31.2 Å². The molecular weight excluding hydrogens is 282 g/mol. The van der Waals surface area contributed by atoms with Crippen molar-refractivity contribution < 1.29 is 9.47 Å². The third kappa shape index (κ3) is 4.76. The Morgan fingerprint density at radius 1 is 1.14 bits per heavy atom. The zero-order chi connectivity index (χ0) is 15.1. The molecule has 21 heavy (non-hydrogen) atoms. The number of para-hydroxylation sites is 1. The van der Waals surface area contributed by atoms with Crippen LogP contribution in [0.25, 0.3) is 0 Å². The third-order valence-corrected chi connectivity index (χ3v) is 3.85. The summed E-state index contributed by atoms with van der Waals surface area (Å²) in [6, 6.07) is 10.6. The number of hydrogen-bond acceptors (Lipinski definition) is 4. The Kier molecular flexibility index (Phi) is 6.08. The number of nitrogens with one attached hydrogen (secondary N) is 1. The molecule has 0 spiro atoms. The van der Waals surface area contributed by atoms with Crippen molar-refractivity contribution in [3.63, 3.8) is 0 Å². The summed E-state index contributed by atoms with van der Waals surface area (Å²) >= 11 is 1.70. The fourth-order valence-corrected chi connectivity index (χ4v) is 2.60. The normalized spacial score (nSPS) is 10.9. The maximum absolute atomic E-state index is 6.04. The number of ether oxygens (including phenoxy) is 2. The summed E-state index contributed by atoms with van der Waals surface area (Å²) in [6.45, 7) is 8.25. The number of thiophene rings is 1. The Bertz CT molecular complexity index is 538. The van der Waals surface area contributed by atoms with E-state index in [0.29, 0.717) is 19.3 Å². The molecule has 0 atom stereocenters. The molecule has 1 aromatic carbocycles. The summed E-state index contributed by atoms with van der Waals surface area (Å²) in [5.74, 6) is 1.66. The minimum Gasteiger partial charge on any atom is -0.490 e. The van der Waals surface area contributed by atoms with Crippen LogP contribution in [0.3, 0.4) is 0 Å². The lowest BCUT2D eigenvalue weighted by Crippen LogP contribution is -2.22. The minimum atomic E-state index is 0.436. The van der Waals surface area contributed by atoms with E-state index in [-0.39, 0.29) is 0 Å². The fourth-order valence-electron chi connectivity index (χ4n) is 1.99. The highest BCUT2D eigenvalue weighted by molar-refractivity contribution is 7.09. The van der Waals surface area contributed by atoms with Gasteiger partial charge in [-0.25, -0.2) is 0 Å². The van der Waals surface area contributed by atoms with Crippen molar-refractivity contribution in [1.82, 2.24) is 5.32 Å². The first-order valence-corrected chi connectivity index (χ1v) is 8.22. The summed E-state index contributed by atoms with van der Waals surface area (Å²) < 4.78 is 11.7. The number of rotatable bonds is 8. The second kappa shape index (κ2) is 8.05. The molecule has 0 radical (unpaired) electrons. The predicted octanol–water partition coefficient (Wildman–Crippen LogP) is 4.22. The van der Waals surface area contributed by atoms with Gasteiger partial charge in [0.25, 0.3) is 0 Å². The largest absolute Gasteiger partial charge is 0.490 e. The van der Waals surface area contributed by atoms with E-state index in [1.165, 1.54) is 4.88 Å². The highest BCUT2D eigenvalue weighted by Gasteiger charge is 2.12. The monoisotopic (exact) mass is 305 g/mol. The maximum Gasteiger partial charge on any atom is 0.166 e. The van der Waals surface area contributed by atoms with Gasteiger partial charge in [0.1, 0.15) is 6.61 Å². The lowest BCUT2D eigenvalue weighted by atomic mass is 10.1. The van der Waals surface area contributed by atoms with E-state index in [0.717, 1.165) is 23.6 Å². The Balaban J connectivity index is 2.16. The Hall–Kier alpha value is -1.52. The SMILES string of the molecule is CCOc1cccc(CNC(C)C)c1OCc1cccs1. The lowest BCUT2D eigenvalue weighted by Gasteiger charge is -2.17. The molecule has 2 rings (SSSR count). The zero-order valence-corrected chi connectivity index (χ0v) is 13.7. The molecule has 2 aromatic rings. The highest BCUT2D eigenvalue weighted by atomic mass is 32.1. The van der Waals surface area contributed by atoms with Crippen molar-refractivity contribution >= 4 is 11.3 Å². The summed E-state index contributed by atoms with van der Waals surface area (Å²) in [5, 5.41) is 5.50. The molecule has 0 amide bonds. The summed E-state index contributed by atoms with van der Waals surface area (Å²) in [4.78, 5) is 1.21. The molecule has 0 fully saturated rings. The number of hydrogen-bond donors (Lipinski definition) is 1. The molecule has 4 heteroatoms. The smallest absolute Gasteiger partial charge is 0.166 e. The van der Waals surface area contributed by atoms with Crippen LogP contribution in [0.5, 0.6) is 11.5 Å². The Morgan fingerprint density at radius 3 is 2.67 bits per heavy atom. The molecule has 0 saturated heterocycles. The summed E-state index contributed by atoms with van der Waals surface area (Å²) in [7, 11) is 0. The van der Waals surface area contributed by atoms with Crippen LogP contribution in [0, 0.1) is 0 Å². The first-order chi connectivity index (χ1) is 10.2. The molecule has 0 aliphatic heterocycles. The quantitative estimate of drug-likeness (QED) is 0.792. The third-order valence-electron chi connectivity index (χ3n) is 3.00. The van der Waals surface area contributed by atoms with Gasteiger partial charge in [-0.1, -0.05) is 32.0 Å². The van der Waals surface area contributed by atoms with Crippen LogP contribution in [-0.4, -0.2) is 12.6 Å². The van der Waals surface area contributed by atoms with Gasteiger partial charge >= 0.3 is 0 Å². The summed E-state index contributed by atoms with van der Waals surface area (Å²) in [5.41, 5.74) is 1.13. The van der Waals surface area contributed by atoms with Gasteiger partial charge in [-0.3, -0.25) is 0 Å². The topological polar surface area (TPSA) is 30.5 Å². The molecule has 0 bridgehead atoms. The highest BCUT2D eigenvalue weighted by Crippen LogP contribution is 2.32. The Labute approximate surface area is 130 Å². The van der Waals surface area contributed by atoms with E-state index in [9.17, 15) is 0 Å². The maximum atomic E-state index is 6.04. The van der Waals surface area contributed by atoms with Gasteiger partial charge in [0.05, 0.1) is 6.61 Å². The van der Waals surface area contributed by atoms with Gasteiger partial charge in [-0.15, -0.1) is 11.3 Å². The average molecular weight is 305 g/mol. The molecule has 0 unspecified atom stereocenters. The van der Waals surface area contributed by atoms with Crippen LogP contribution in [0.15, 0.2) is 35.7 Å². The second-order valence-corrected chi connectivity index (χ2v) is 6.11. The van der Waals surface area contributed by atoms with E-state index >= 15 is 0 Å². The average Bonchev–Trinajstić information content (AvgIpc) is 2.97. The lowest BCUT2D eigenvalue weighted by molar-refractivity contribution is 0.268. The van der Waals surface area contributed by atoms with E-state index in [2.05, 4.69) is 36.7 Å². The van der Waals surface area contributed by atoms with Gasteiger partial charge in [-0.2, -0.15) is 0 Å². The van der Waals surface area contributed by atoms with Crippen LogP contribution in [-0.2, 0) is 13.2 Å². The molecule has 0 aliphatic carbocycles. The van der Waals surface area contributed by atoms with Crippen LogP contribution < -0.4 is 14.8 Å². The van der Waals surface area contributed by atoms with E-state index in [4.69, 9.17) is 9.47 Å². The second-order valence-electron chi connectivity index (χ2n) is 5.08. The predicted molar refractivity (Wildman–Crippen MR) is 88.2 cm³/mol. The van der Waals surface area contributed by atoms with Gasteiger partial charge in [0, 0.05) is 23.0 Å². The Morgan fingerprint density at radius 2 is 2.00 bits per heavy atom. The van der Waals surface area contributed by atoms with E-state index in [1.807, 2.05) is 25.1 Å². The van der Waals surface area contributed by atoms with Crippen molar-refractivity contribution in [1.29, 1.82) is 0 Å². The van der Waals surface area contributed by atoms with Crippen molar-refractivity contribution in [2.75, 3.05) is 6.61 Å². The first-order valence-electron chi connectivity index (χ1n) is 7.34. The van der Waals surface area contributed by atoms with Crippen molar-refractivity contribution in [3.05, 3.63) is 46.2 Å². The van der Waals surface area contributed by atoms with Gasteiger partial charge < -0.3 is 14.8 Å². The van der Waals surface area contributed by atoms with Crippen molar-refractivity contribution in [2.24, 2.45) is 0 Å². The van der Waals surface area contributed by atoms with Crippen LogP contribution >= 0.6 is 11.3 Å². The molecule has 1 N–H and O–H groups in total. The molecule has 0 saturated carbocycles. The van der Waals surface area contributed by atoms with Gasteiger partial charge in [-0.05, 0) is 24.4 Å². The van der Waals surface area contributed by atoms with Crippen LogP contribution in [0.4, 0.5) is 0 Å². The molecule has 1 heterocycles. The van der Waals surface area contributed by atoms with Gasteiger partial charge in [0.15, 0.2) is 11.5 Å². The van der Waals surface area contributed by atoms with E-state index < -0.39 is 0 Å². The number of benzene rings is 1. The molecule has 114 valence electrons. The fraction of sp³-hybridized carbons (Fsp3) is 0.412. The standard InChI is InChI=1S/C17H23NO2S/c1-4-19-16-9-5-7-14(11-18-13(2)3)17(16)20-12-15-8-6-10-21-15/h5-10,13,18H,4,11-12H2,1-3H3. The van der Waals surface area contributed by atoms with Crippen molar-refractivity contribution in [2.45, 2.75) is 40.0 Å². The minimum absolute atomic E-state index is 0.436. The first kappa shape index (κ1) is 15.9. The molecule has 1 aromatic heterocycles. The van der Waals surface area contributed by atoms with Crippen molar-refractivity contribution in [3.8, 4) is 11.5 Å². The molecule has 0 aliphatic rings. The van der Waals surface area contributed by atoms with Crippen LogP contribution in [0.2, 0.25) is 0 Å². The molecular formula is C17H23NO2S. The summed E-state index contributed by atoms with van der Waals surface area (Å²) in [6.07, 6.45) is 0. The van der Waals surface area contributed by atoms with Gasteiger partial charge in [0.2, 0.25) is 0 Å². The van der Waals surface area contributed by atoms with E-state index in [1.54, 1.807) is 11.3 Å². The molecule has 3 nitrogen and oxygen atoms in total. The zero-order valence-electron chi connectivity index (χ0n) is 12.9.